The molecule has 8 heteroatoms. The second-order valence-electron chi connectivity index (χ2n) is 13.2. The molecule has 3 fully saturated rings. The molecule has 0 radical (unpaired) electrons. The topological polar surface area (TPSA) is 136 Å². The molecule has 0 spiro atoms. The number of amides is 3. The van der Waals surface area contributed by atoms with Gasteiger partial charge in [0.15, 0.2) is 0 Å². The fourth-order valence-corrected chi connectivity index (χ4v) is 5.98. The van der Waals surface area contributed by atoms with Crippen molar-refractivity contribution in [3.05, 3.63) is 0 Å². The molecule has 0 aromatic rings. The summed E-state index contributed by atoms with van der Waals surface area (Å²) in [6.45, 7) is 13.0. The van der Waals surface area contributed by atoms with Crippen LogP contribution in [-0.4, -0.2) is 53.1 Å². The second kappa shape index (κ2) is 9.83. The first-order chi connectivity index (χ1) is 16.1. The maximum Gasteiger partial charge on any atom is 0.287 e. The van der Waals surface area contributed by atoms with Gasteiger partial charge in [0.25, 0.3) is 5.91 Å². The fourth-order valence-electron chi connectivity index (χ4n) is 5.98. The molecule has 0 aromatic carbocycles. The highest BCUT2D eigenvalue weighted by Crippen LogP contribution is 2.58. The third kappa shape index (κ3) is 5.42. The van der Waals surface area contributed by atoms with Gasteiger partial charge in [0.2, 0.25) is 17.6 Å². The summed E-state index contributed by atoms with van der Waals surface area (Å²) in [6.07, 6.45) is 7.43. The van der Waals surface area contributed by atoms with Crippen LogP contribution in [0.25, 0.3) is 0 Å². The number of hydrogen-bond donors (Lipinski definition) is 3. The van der Waals surface area contributed by atoms with E-state index in [0.29, 0.717) is 25.3 Å². The van der Waals surface area contributed by atoms with Crippen LogP contribution in [0.2, 0.25) is 0 Å². The van der Waals surface area contributed by atoms with E-state index in [0.717, 1.165) is 32.1 Å². The number of nitrogens with one attached hydrogen (secondary N) is 1. The van der Waals surface area contributed by atoms with E-state index in [1.165, 1.54) is 6.42 Å². The Labute approximate surface area is 210 Å². The van der Waals surface area contributed by atoms with Crippen molar-refractivity contribution in [3.63, 3.8) is 0 Å². The predicted molar refractivity (Wildman–Crippen MR) is 135 cm³/mol. The van der Waals surface area contributed by atoms with Crippen molar-refractivity contribution in [2.75, 3.05) is 6.54 Å². The zero-order valence-electron chi connectivity index (χ0n) is 22.5. The van der Waals surface area contributed by atoms with Gasteiger partial charge in [-0.1, -0.05) is 67.2 Å². The lowest BCUT2D eigenvalue weighted by molar-refractivity contribution is -0.143. The number of rotatable bonds is 9. The zero-order chi connectivity index (χ0) is 26.3. The van der Waals surface area contributed by atoms with Crippen LogP contribution in [0.1, 0.15) is 92.9 Å². The van der Waals surface area contributed by atoms with Crippen molar-refractivity contribution < 1.29 is 19.2 Å². The van der Waals surface area contributed by atoms with E-state index in [1.807, 2.05) is 20.8 Å². The Morgan fingerprint density at radius 1 is 1.06 bits per heavy atom. The summed E-state index contributed by atoms with van der Waals surface area (Å²) in [6, 6.07) is -2.43. The van der Waals surface area contributed by atoms with E-state index in [2.05, 4.69) is 26.1 Å². The molecule has 198 valence electrons. The van der Waals surface area contributed by atoms with Crippen LogP contribution in [0.4, 0.5) is 0 Å². The quantitative estimate of drug-likeness (QED) is 0.427. The van der Waals surface area contributed by atoms with Gasteiger partial charge >= 0.3 is 0 Å². The minimum atomic E-state index is -1.04. The summed E-state index contributed by atoms with van der Waals surface area (Å²) in [5.74, 6) is -2.03. The number of Topliss-reactive ketones (excluding diaryl/α,β-unsaturated/α-hetero) is 1. The molecule has 0 bridgehead atoms. The lowest BCUT2D eigenvalue weighted by Crippen LogP contribution is -2.57. The first kappa shape index (κ1) is 27.6. The zero-order valence-corrected chi connectivity index (χ0v) is 22.5. The maximum absolute atomic E-state index is 13.6. The Bertz CT molecular complexity index is 854. The molecule has 1 heterocycles. The Balaban J connectivity index is 1.85. The Hall–Kier alpha value is -1.96. The van der Waals surface area contributed by atoms with Gasteiger partial charge in [-0.2, -0.15) is 0 Å². The number of likely N-dealkylation sites (tertiary alicyclic amines) is 1. The number of carbonyl (C=O) groups is 4. The average Bonchev–Trinajstić information content (AvgIpc) is 3.17. The number of carbonyl (C=O) groups excluding carboxylic acids is 4. The monoisotopic (exact) mass is 490 g/mol. The average molecular weight is 491 g/mol. The van der Waals surface area contributed by atoms with Crippen molar-refractivity contribution in [3.8, 4) is 0 Å². The molecule has 35 heavy (non-hydrogen) atoms. The lowest BCUT2D eigenvalue weighted by Gasteiger charge is -2.54. The number of ketones is 1. The van der Waals surface area contributed by atoms with Crippen LogP contribution in [0.3, 0.4) is 0 Å². The standard InChI is InChI=1S/C27H46N4O4/c1-25(2,3)21(28)24(35)31-15-17(26(4,5)27(6)11-8-12-27)14-19(31)23(34)30-18(20(32)22(29)33)13-16-9-7-10-16/h16-19,21H,7-15,28H2,1-6H3,(H2,29,33)(H,30,34)/t17-,18?,19-,21-/m0/s1. The number of primary amides is 1. The van der Waals surface area contributed by atoms with Crippen LogP contribution < -0.4 is 16.8 Å². The Kier molecular flexibility index (Phi) is 7.76. The largest absolute Gasteiger partial charge is 0.363 e. The molecule has 1 unspecified atom stereocenters. The van der Waals surface area contributed by atoms with Gasteiger partial charge in [-0.3, -0.25) is 19.2 Å². The van der Waals surface area contributed by atoms with Crippen LogP contribution in [0, 0.1) is 28.1 Å². The first-order valence-corrected chi connectivity index (χ1v) is 13.3. The molecule has 3 rings (SSSR count). The van der Waals surface area contributed by atoms with Crippen molar-refractivity contribution in [1.29, 1.82) is 0 Å². The molecular weight excluding hydrogens is 444 g/mol. The van der Waals surface area contributed by atoms with Crippen molar-refractivity contribution >= 4 is 23.5 Å². The van der Waals surface area contributed by atoms with Crippen LogP contribution in [0.15, 0.2) is 0 Å². The molecule has 1 aliphatic heterocycles. The molecule has 8 nitrogen and oxygen atoms in total. The van der Waals surface area contributed by atoms with Crippen LogP contribution in [-0.2, 0) is 19.2 Å². The van der Waals surface area contributed by atoms with E-state index in [4.69, 9.17) is 11.5 Å². The van der Waals surface area contributed by atoms with E-state index in [9.17, 15) is 19.2 Å². The summed E-state index contributed by atoms with van der Waals surface area (Å²) in [5.41, 5.74) is 11.3. The number of nitrogens with two attached hydrogens (primary N) is 2. The summed E-state index contributed by atoms with van der Waals surface area (Å²) in [4.78, 5) is 53.0. The highest BCUT2D eigenvalue weighted by molar-refractivity contribution is 6.37. The van der Waals surface area contributed by atoms with E-state index in [-0.39, 0.29) is 22.7 Å². The molecule has 0 aromatic heterocycles. The smallest absolute Gasteiger partial charge is 0.287 e. The Morgan fingerprint density at radius 2 is 1.66 bits per heavy atom. The molecule has 2 aliphatic carbocycles. The lowest BCUT2D eigenvalue weighted by atomic mass is 9.51. The highest BCUT2D eigenvalue weighted by atomic mass is 16.2. The van der Waals surface area contributed by atoms with Crippen LogP contribution in [0.5, 0.6) is 0 Å². The maximum atomic E-state index is 13.6. The third-order valence-electron chi connectivity index (χ3n) is 9.79. The van der Waals surface area contributed by atoms with Gasteiger partial charge in [-0.05, 0) is 53.8 Å². The normalized spacial score (nSPS) is 26.3. The molecule has 4 atom stereocenters. The predicted octanol–water partition coefficient (Wildman–Crippen LogP) is 2.52. The molecular formula is C27H46N4O4. The molecule has 1 saturated heterocycles. The summed E-state index contributed by atoms with van der Waals surface area (Å²) < 4.78 is 0. The van der Waals surface area contributed by atoms with E-state index in [1.54, 1.807) is 4.90 Å². The number of hydrogen-bond acceptors (Lipinski definition) is 5. The van der Waals surface area contributed by atoms with Gasteiger partial charge < -0.3 is 21.7 Å². The third-order valence-corrected chi connectivity index (χ3v) is 9.79. The van der Waals surface area contributed by atoms with Gasteiger partial charge in [0, 0.05) is 6.54 Å². The van der Waals surface area contributed by atoms with Gasteiger partial charge in [0.1, 0.15) is 6.04 Å². The highest BCUT2D eigenvalue weighted by Gasteiger charge is 2.54. The van der Waals surface area contributed by atoms with E-state index >= 15 is 0 Å². The van der Waals surface area contributed by atoms with Crippen LogP contribution >= 0.6 is 0 Å². The SMILES string of the molecule is CC(C)(C)[C@@H](N)C(=O)N1C[C@@H](C(C)(C)C2(C)CCC2)C[C@H]1C(=O)NC(CC1CCC1)C(=O)C(N)=O. The van der Waals surface area contributed by atoms with E-state index < -0.39 is 41.1 Å². The van der Waals surface area contributed by atoms with Crippen molar-refractivity contribution in [2.24, 2.45) is 39.5 Å². The molecule has 2 saturated carbocycles. The Morgan fingerprint density at radius 3 is 2.09 bits per heavy atom. The van der Waals surface area contributed by atoms with Gasteiger partial charge in [0.05, 0.1) is 12.1 Å². The molecule has 3 aliphatic rings. The van der Waals surface area contributed by atoms with Gasteiger partial charge in [-0.15, -0.1) is 0 Å². The summed E-state index contributed by atoms with van der Waals surface area (Å²) in [5, 5.41) is 2.82. The minimum Gasteiger partial charge on any atom is -0.363 e. The van der Waals surface area contributed by atoms with Crippen molar-refractivity contribution in [1.82, 2.24) is 10.2 Å². The summed E-state index contributed by atoms with van der Waals surface area (Å²) >= 11 is 0. The van der Waals surface area contributed by atoms with Gasteiger partial charge in [-0.25, -0.2) is 0 Å². The minimum absolute atomic E-state index is 0.0704. The second-order valence-corrected chi connectivity index (χ2v) is 13.2. The molecule has 3 amide bonds. The fraction of sp³-hybridized carbons (Fsp3) is 0.852. The summed E-state index contributed by atoms with van der Waals surface area (Å²) in [7, 11) is 0. The molecule has 5 N–H and O–H groups in total. The first-order valence-electron chi connectivity index (χ1n) is 13.3. The number of nitrogens with zero attached hydrogens (tertiary/aromatic N) is 1. The van der Waals surface area contributed by atoms with Crippen molar-refractivity contribution in [2.45, 2.75) is 111 Å².